The van der Waals surface area contributed by atoms with Gasteiger partial charge in [-0.1, -0.05) is 48.5 Å². The topological polar surface area (TPSA) is 75.3 Å². The Balaban J connectivity index is 1.49. The van der Waals surface area contributed by atoms with Gasteiger partial charge in [-0.2, -0.15) is 0 Å². The summed E-state index contributed by atoms with van der Waals surface area (Å²) >= 11 is 1.67. The summed E-state index contributed by atoms with van der Waals surface area (Å²) in [7, 11) is -3.64. The predicted molar refractivity (Wildman–Crippen MR) is 124 cm³/mol. The van der Waals surface area contributed by atoms with Crippen molar-refractivity contribution in [3.63, 3.8) is 0 Å². The van der Waals surface area contributed by atoms with Crippen molar-refractivity contribution in [2.75, 3.05) is 17.0 Å². The fourth-order valence-corrected chi connectivity index (χ4v) is 4.23. The zero-order valence-electron chi connectivity index (χ0n) is 16.2. The fraction of sp³-hybridized carbons (Fsp3) is 0.0870. The lowest BCUT2D eigenvalue weighted by molar-refractivity contribution is 0.0956. The molecule has 0 bridgehead atoms. The van der Waals surface area contributed by atoms with Gasteiger partial charge < -0.3 is 5.32 Å². The van der Waals surface area contributed by atoms with E-state index in [0.717, 1.165) is 21.6 Å². The molecular formula is C23H22N2O3S2. The van der Waals surface area contributed by atoms with Crippen LogP contribution in [0.4, 0.5) is 5.69 Å². The van der Waals surface area contributed by atoms with E-state index in [9.17, 15) is 13.2 Å². The zero-order valence-corrected chi connectivity index (χ0v) is 17.8. The van der Waals surface area contributed by atoms with Gasteiger partial charge in [-0.15, -0.1) is 11.8 Å². The summed E-state index contributed by atoms with van der Waals surface area (Å²) in [5.41, 5.74) is 1.66. The van der Waals surface area contributed by atoms with Crippen molar-refractivity contribution in [1.82, 2.24) is 5.32 Å². The summed E-state index contributed by atoms with van der Waals surface area (Å²) < 4.78 is 26.9. The van der Waals surface area contributed by atoms with Crippen LogP contribution >= 0.6 is 11.8 Å². The molecule has 5 nitrogen and oxygen atoms in total. The maximum Gasteiger partial charge on any atom is 0.255 e. The van der Waals surface area contributed by atoms with E-state index in [4.69, 9.17) is 0 Å². The summed E-state index contributed by atoms with van der Waals surface area (Å²) in [6.07, 6.45) is 1.53. The molecule has 1 amide bonds. The molecule has 7 heteroatoms. The Morgan fingerprint density at radius 1 is 0.867 bits per heavy atom. The van der Waals surface area contributed by atoms with Crippen molar-refractivity contribution >= 4 is 39.5 Å². The van der Waals surface area contributed by atoms with E-state index in [-0.39, 0.29) is 5.91 Å². The molecule has 3 rings (SSSR count). The normalized spacial score (nSPS) is 11.3. The number of sulfonamides is 1. The van der Waals surface area contributed by atoms with E-state index in [1.165, 1.54) is 6.08 Å². The molecule has 0 fully saturated rings. The highest BCUT2D eigenvalue weighted by Gasteiger charge is 2.08. The van der Waals surface area contributed by atoms with Crippen molar-refractivity contribution in [2.24, 2.45) is 0 Å². The first-order valence-electron chi connectivity index (χ1n) is 9.34. The van der Waals surface area contributed by atoms with E-state index >= 15 is 0 Å². The van der Waals surface area contributed by atoms with Crippen LogP contribution in [0.3, 0.4) is 0 Å². The number of benzene rings is 3. The highest BCUT2D eigenvalue weighted by Crippen LogP contribution is 2.16. The summed E-state index contributed by atoms with van der Waals surface area (Å²) in [5, 5.41) is 3.98. The SMILES string of the molecule is O=C(NCCSc1ccccc1)c1ccc(NS(=O)(=O)C=Cc2ccccc2)cc1. The van der Waals surface area contributed by atoms with Crippen LogP contribution in [0.2, 0.25) is 0 Å². The van der Waals surface area contributed by atoms with Crippen LogP contribution in [0.5, 0.6) is 0 Å². The summed E-state index contributed by atoms with van der Waals surface area (Å²) in [6, 6.07) is 25.5. The number of thioether (sulfide) groups is 1. The Hall–Kier alpha value is -3.03. The van der Waals surface area contributed by atoms with Crippen molar-refractivity contribution in [2.45, 2.75) is 4.90 Å². The van der Waals surface area contributed by atoms with Crippen LogP contribution in [-0.4, -0.2) is 26.6 Å². The molecule has 0 aliphatic heterocycles. The Morgan fingerprint density at radius 2 is 1.50 bits per heavy atom. The molecule has 2 N–H and O–H groups in total. The van der Waals surface area contributed by atoms with Crippen molar-refractivity contribution in [1.29, 1.82) is 0 Å². The van der Waals surface area contributed by atoms with Crippen LogP contribution < -0.4 is 10.0 Å². The van der Waals surface area contributed by atoms with Gasteiger partial charge >= 0.3 is 0 Å². The highest BCUT2D eigenvalue weighted by atomic mass is 32.2. The van der Waals surface area contributed by atoms with E-state index in [1.807, 2.05) is 60.7 Å². The minimum Gasteiger partial charge on any atom is -0.351 e. The standard InChI is InChI=1S/C23H22N2O3S2/c26-23(24-16-17-29-22-9-5-2-6-10-22)20-11-13-21(14-12-20)25-30(27,28)18-15-19-7-3-1-4-8-19/h1-15,18,25H,16-17H2,(H,24,26). The summed E-state index contributed by atoms with van der Waals surface area (Å²) in [4.78, 5) is 13.4. The van der Waals surface area contributed by atoms with E-state index in [2.05, 4.69) is 10.0 Å². The smallest absolute Gasteiger partial charge is 0.255 e. The molecule has 0 radical (unpaired) electrons. The highest BCUT2D eigenvalue weighted by molar-refractivity contribution is 7.99. The van der Waals surface area contributed by atoms with Gasteiger partial charge in [-0.3, -0.25) is 9.52 Å². The number of hydrogen-bond acceptors (Lipinski definition) is 4. The van der Waals surface area contributed by atoms with Gasteiger partial charge in [0.25, 0.3) is 15.9 Å². The lowest BCUT2D eigenvalue weighted by Crippen LogP contribution is -2.25. The molecular weight excluding hydrogens is 416 g/mol. The van der Waals surface area contributed by atoms with Gasteiger partial charge in [0, 0.05) is 28.4 Å². The van der Waals surface area contributed by atoms with Crippen LogP contribution in [-0.2, 0) is 10.0 Å². The molecule has 0 saturated carbocycles. The molecule has 0 aliphatic carbocycles. The maximum absolute atomic E-state index is 12.2. The van der Waals surface area contributed by atoms with Gasteiger partial charge in [0.05, 0.1) is 5.41 Å². The quantitative estimate of drug-likeness (QED) is 0.378. The number of anilines is 1. The second-order valence-corrected chi connectivity index (χ2v) is 9.09. The summed E-state index contributed by atoms with van der Waals surface area (Å²) in [5.74, 6) is 0.573. The average Bonchev–Trinajstić information content (AvgIpc) is 2.77. The molecule has 0 heterocycles. The Bertz CT molecular complexity index is 1080. The molecule has 0 aromatic heterocycles. The zero-order chi connectivity index (χ0) is 21.2. The van der Waals surface area contributed by atoms with Crippen LogP contribution in [0.1, 0.15) is 15.9 Å². The second kappa shape index (κ2) is 10.7. The minimum absolute atomic E-state index is 0.193. The third-order valence-electron chi connectivity index (χ3n) is 4.05. The number of carbonyl (C=O) groups is 1. The van der Waals surface area contributed by atoms with Crippen LogP contribution in [0, 0.1) is 0 Å². The van der Waals surface area contributed by atoms with Crippen LogP contribution in [0.15, 0.2) is 95.2 Å². The van der Waals surface area contributed by atoms with Crippen molar-refractivity contribution < 1.29 is 13.2 Å². The average molecular weight is 439 g/mol. The predicted octanol–water partition coefficient (Wildman–Crippen LogP) is 4.62. The van der Waals surface area contributed by atoms with E-state index in [1.54, 1.807) is 36.0 Å². The first kappa shape index (κ1) is 21.7. The Morgan fingerprint density at radius 3 is 2.17 bits per heavy atom. The maximum atomic E-state index is 12.2. The minimum atomic E-state index is -3.64. The number of nitrogens with one attached hydrogen (secondary N) is 2. The molecule has 0 unspecified atom stereocenters. The third-order valence-corrected chi connectivity index (χ3v) is 6.07. The fourth-order valence-electron chi connectivity index (χ4n) is 2.57. The van der Waals surface area contributed by atoms with E-state index < -0.39 is 10.0 Å². The molecule has 0 atom stereocenters. The lowest BCUT2D eigenvalue weighted by atomic mass is 10.2. The van der Waals surface area contributed by atoms with Gasteiger partial charge in [-0.25, -0.2) is 8.42 Å². The van der Waals surface area contributed by atoms with Gasteiger partial charge in [0.15, 0.2) is 0 Å². The summed E-state index contributed by atoms with van der Waals surface area (Å²) in [6.45, 7) is 0.539. The largest absolute Gasteiger partial charge is 0.351 e. The second-order valence-electron chi connectivity index (χ2n) is 6.36. The third kappa shape index (κ3) is 7.09. The Kier molecular flexibility index (Phi) is 7.70. The lowest BCUT2D eigenvalue weighted by Gasteiger charge is -2.07. The number of rotatable bonds is 9. The molecule has 0 aliphatic rings. The molecule has 30 heavy (non-hydrogen) atoms. The first-order valence-corrected chi connectivity index (χ1v) is 11.9. The Labute approximate surface area is 181 Å². The van der Waals surface area contributed by atoms with Crippen LogP contribution in [0.25, 0.3) is 6.08 Å². The molecule has 3 aromatic rings. The number of carbonyl (C=O) groups excluding carboxylic acids is 1. The molecule has 0 spiro atoms. The first-order chi connectivity index (χ1) is 14.5. The molecule has 154 valence electrons. The van der Waals surface area contributed by atoms with Gasteiger partial charge in [0.1, 0.15) is 0 Å². The molecule has 3 aromatic carbocycles. The number of hydrogen-bond donors (Lipinski definition) is 2. The van der Waals surface area contributed by atoms with Gasteiger partial charge in [0.2, 0.25) is 0 Å². The van der Waals surface area contributed by atoms with Gasteiger partial charge in [-0.05, 0) is 48.0 Å². The monoisotopic (exact) mass is 438 g/mol. The number of amides is 1. The van der Waals surface area contributed by atoms with Crippen molar-refractivity contribution in [3.05, 3.63) is 101 Å². The molecule has 0 saturated heterocycles. The van der Waals surface area contributed by atoms with Crippen molar-refractivity contribution in [3.8, 4) is 0 Å². The van der Waals surface area contributed by atoms with E-state index in [0.29, 0.717) is 17.8 Å².